The number of halogens is 1. The number of amides is 1. The fraction of sp³-hybridized carbons (Fsp3) is 0.406. The van der Waals surface area contributed by atoms with Gasteiger partial charge in [-0.05, 0) is 61.0 Å². The maximum absolute atomic E-state index is 13.6. The Kier molecular flexibility index (Phi) is 10.6. The molecule has 4 N–H and O–H groups in total. The summed E-state index contributed by atoms with van der Waals surface area (Å²) in [4.78, 5) is 22.7. The first kappa shape index (κ1) is 30.8. The fourth-order valence-electron chi connectivity index (χ4n) is 5.53. The third-order valence-electron chi connectivity index (χ3n) is 7.57. The lowest BCUT2D eigenvalue weighted by Gasteiger charge is -2.26. The Labute approximate surface area is 241 Å². The number of hydrogen-bond donors (Lipinski definition) is 3. The highest BCUT2D eigenvalue weighted by Crippen LogP contribution is 2.32. The minimum atomic E-state index is -0.871. The van der Waals surface area contributed by atoms with Gasteiger partial charge in [0, 0.05) is 32.1 Å². The van der Waals surface area contributed by atoms with Gasteiger partial charge in [-0.1, -0.05) is 60.7 Å². The predicted molar refractivity (Wildman–Crippen MR) is 157 cm³/mol. The van der Waals surface area contributed by atoms with E-state index in [1.54, 1.807) is 6.92 Å². The summed E-state index contributed by atoms with van der Waals surface area (Å²) in [5.41, 5.74) is 10.9. The number of hydroxylamine groups is 2. The molecule has 8 nitrogen and oxygen atoms in total. The van der Waals surface area contributed by atoms with Crippen LogP contribution in [0.15, 0.2) is 72.8 Å². The first-order valence-corrected chi connectivity index (χ1v) is 14.0. The van der Waals surface area contributed by atoms with E-state index >= 15 is 0 Å². The number of likely N-dealkylation sites (N-methyl/N-ethyl adjacent to an activating group) is 1. The lowest BCUT2D eigenvalue weighted by molar-refractivity contribution is -0.180. The number of benzene rings is 3. The van der Waals surface area contributed by atoms with Crippen molar-refractivity contribution in [2.75, 3.05) is 33.8 Å². The van der Waals surface area contributed by atoms with E-state index in [9.17, 15) is 19.4 Å². The van der Waals surface area contributed by atoms with Gasteiger partial charge >= 0.3 is 0 Å². The largest absolute Gasteiger partial charge is 0.394 e. The smallest absolute Gasteiger partial charge is 0.237 e. The van der Waals surface area contributed by atoms with E-state index in [1.165, 1.54) is 17.2 Å². The predicted octanol–water partition coefficient (Wildman–Crippen LogP) is 3.02. The average molecular weight is 565 g/mol. The van der Waals surface area contributed by atoms with Crippen molar-refractivity contribution in [1.82, 2.24) is 14.9 Å². The molecule has 1 heterocycles. The Morgan fingerprint density at radius 3 is 2.39 bits per heavy atom. The minimum absolute atomic E-state index is 0.256. The molecule has 1 amide bonds. The van der Waals surface area contributed by atoms with E-state index in [-0.39, 0.29) is 19.0 Å². The molecule has 1 aliphatic rings. The van der Waals surface area contributed by atoms with Gasteiger partial charge < -0.3 is 20.8 Å². The maximum Gasteiger partial charge on any atom is 0.237 e. The summed E-state index contributed by atoms with van der Waals surface area (Å²) in [6.07, 6.45) is -1.58. The minimum Gasteiger partial charge on any atom is -0.394 e. The topological polar surface area (TPSA) is 102 Å². The molecule has 0 aliphatic carbocycles. The van der Waals surface area contributed by atoms with Crippen molar-refractivity contribution in [3.8, 4) is 11.1 Å². The summed E-state index contributed by atoms with van der Waals surface area (Å²) in [6, 6.07) is 22.0. The summed E-state index contributed by atoms with van der Waals surface area (Å²) >= 11 is 0. The second kappa shape index (κ2) is 14.1. The van der Waals surface area contributed by atoms with Crippen LogP contribution in [-0.2, 0) is 29.3 Å². The summed E-state index contributed by atoms with van der Waals surface area (Å²) in [6.45, 7) is 4.65. The molecule has 4 unspecified atom stereocenters. The molecule has 3 aromatic rings. The average Bonchev–Trinajstić information content (AvgIpc) is 3.31. The molecular weight excluding hydrogens is 523 g/mol. The van der Waals surface area contributed by atoms with Gasteiger partial charge in [-0.25, -0.2) is 4.39 Å². The lowest BCUT2D eigenvalue weighted by Crippen LogP contribution is -2.47. The molecule has 9 heteroatoms. The SMILES string of the molecule is CC(O)C1C(CO)ON(Cc2cccc(CN(CCN(C)C)Cc3ccccc3-c3ccc(F)cc3)c2)C1C(N)=O. The van der Waals surface area contributed by atoms with Crippen LogP contribution in [0.2, 0.25) is 0 Å². The van der Waals surface area contributed by atoms with E-state index in [4.69, 9.17) is 10.6 Å². The molecular formula is C32H41FN4O4. The van der Waals surface area contributed by atoms with Crippen molar-refractivity contribution in [2.45, 2.75) is 44.8 Å². The number of hydrogen-bond acceptors (Lipinski definition) is 7. The summed E-state index contributed by atoms with van der Waals surface area (Å²) in [7, 11) is 4.10. The van der Waals surface area contributed by atoms with Gasteiger partial charge in [0.2, 0.25) is 5.91 Å². The highest BCUT2D eigenvalue weighted by molar-refractivity contribution is 5.80. The summed E-state index contributed by atoms with van der Waals surface area (Å²) in [5.74, 6) is -1.48. The first-order valence-electron chi connectivity index (χ1n) is 14.0. The quantitative estimate of drug-likeness (QED) is 0.293. The van der Waals surface area contributed by atoms with Crippen molar-refractivity contribution in [1.29, 1.82) is 0 Å². The van der Waals surface area contributed by atoms with Crippen LogP contribution in [0.5, 0.6) is 0 Å². The van der Waals surface area contributed by atoms with Crippen LogP contribution in [0, 0.1) is 11.7 Å². The fourth-order valence-corrected chi connectivity index (χ4v) is 5.53. The molecule has 1 saturated heterocycles. The number of carbonyl (C=O) groups excluding carboxylic acids is 1. The van der Waals surface area contributed by atoms with Gasteiger partial charge in [-0.3, -0.25) is 14.5 Å². The molecule has 4 rings (SSSR count). The van der Waals surface area contributed by atoms with E-state index < -0.39 is 30.1 Å². The van der Waals surface area contributed by atoms with Gasteiger partial charge in [0.1, 0.15) is 18.0 Å². The van der Waals surface area contributed by atoms with Crippen LogP contribution in [0.1, 0.15) is 23.6 Å². The molecule has 0 spiro atoms. The van der Waals surface area contributed by atoms with Crippen molar-refractivity contribution < 1.29 is 24.2 Å². The van der Waals surface area contributed by atoms with Crippen molar-refractivity contribution in [3.05, 3.63) is 95.3 Å². The van der Waals surface area contributed by atoms with E-state index in [1.807, 2.05) is 36.4 Å². The van der Waals surface area contributed by atoms with Gasteiger partial charge in [-0.15, -0.1) is 0 Å². The van der Waals surface area contributed by atoms with Crippen LogP contribution in [0.4, 0.5) is 4.39 Å². The summed E-state index contributed by atoms with van der Waals surface area (Å²) in [5, 5.41) is 21.5. The zero-order valence-electron chi connectivity index (χ0n) is 24.0. The Balaban J connectivity index is 1.54. The van der Waals surface area contributed by atoms with Gasteiger partial charge in [-0.2, -0.15) is 5.06 Å². The second-order valence-corrected chi connectivity index (χ2v) is 11.1. The Hall–Kier alpha value is -3.18. The molecule has 41 heavy (non-hydrogen) atoms. The number of nitrogens with zero attached hydrogens (tertiary/aromatic N) is 3. The third-order valence-corrected chi connectivity index (χ3v) is 7.57. The molecule has 0 radical (unpaired) electrons. The molecule has 0 aromatic heterocycles. The lowest BCUT2D eigenvalue weighted by atomic mass is 9.89. The number of aliphatic hydroxyl groups excluding tert-OH is 2. The molecule has 1 fully saturated rings. The molecule has 220 valence electrons. The van der Waals surface area contributed by atoms with Crippen molar-refractivity contribution in [3.63, 3.8) is 0 Å². The Bertz CT molecular complexity index is 1290. The summed E-state index contributed by atoms with van der Waals surface area (Å²) < 4.78 is 13.6. The van der Waals surface area contributed by atoms with Crippen molar-refractivity contribution in [2.24, 2.45) is 11.7 Å². The number of carbonyl (C=O) groups is 1. The third kappa shape index (κ3) is 7.97. The molecule has 1 aliphatic heterocycles. The van der Waals surface area contributed by atoms with E-state index in [0.717, 1.165) is 40.9 Å². The Morgan fingerprint density at radius 2 is 1.73 bits per heavy atom. The van der Waals surface area contributed by atoms with E-state index in [2.05, 4.69) is 48.2 Å². The molecule has 0 saturated carbocycles. The monoisotopic (exact) mass is 564 g/mol. The number of primary amides is 1. The van der Waals surface area contributed by atoms with Crippen LogP contribution >= 0.6 is 0 Å². The van der Waals surface area contributed by atoms with Gasteiger partial charge in [0.05, 0.1) is 19.3 Å². The standard InChI is InChI=1S/C32H41FN4O4/c1-22(39)30-29(21-38)41-37(31(30)32(34)40)19-24-8-6-7-23(17-24)18-36(16-15-35(2)3)20-26-9-4-5-10-28(26)25-11-13-27(33)14-12-25/h4-14,17,22,29-31,38-39H,15-16,18-21H2,1-3H3,(H2,34,40). The zero-order chi connectivity index (χ0) is 29.5. The first-order chi connectivity index (χ1) is 19.7. The van der Waals surface area contributed by atoms with Crippen LogP contribution < -0.4 is 5.73 Å². The van der Waals surface area contributed by atoms with Crippen molar-refractivity contribution >= 4 is 5.91 Å². The van der Waals surface area contributed by atoms with Crippen LogP contribution in [-0.4, -0.2) is 83.0 Å². The van der Waals surface area contributed by atoms with E-state index in [0.29, 0.717) is 13.1 Å². The molecule has 0 bridgehead atoms. The highest BCUT2D eigenvalue weighted by Gasteiger charge is 2.48. The Morgan fingerprint density at radius 1 is 1.02 bits per heavy atom. The maximum atomic E-state index is 13.6. The zero-order valence-corrected chi connectivity index (χ0v) is 24.0. The van der Waals surface area contributed by atoms with Gasteiger partial charge in [0.15, 0.2) is 0 Å². The number of aliphatic hydroxyl groups is 2. The van der Waals surface area contributed by atoms with Gasteiger partial charge in [0.25, 0.3) is 0 Å². The second-order valence-electron chi connectivity index (χ2n) is 11.1. The molecule has 3 aromatic carbocycles. The highest BCUT2D eigenvalue weighted by atomic mass is 19.1. The normalized spacial score (nSPS) is 20.1. The molecule has 4 atom stereocenters. The van der Waals surface area contributed by atoms with Crippen LogP contribution in [0.25, 0.3) is 11.1 Å². The van der Waals surface area contributed by atoms with Crippen LogP contribution in [0.3, 0.4) is 0 Å². The number of rotatable bonds is 13. The number of nitrogens with two attached hydrogens (primary N) is 1.